The average Bonchev–Trinajstić information content (AvgIpc) is 2.45. The number of rotatable bonds is 5. The smallest absolute Gasteiger partial charge is 0.320 e. The highest BCUT2D eigenvalue weighted by Crippen LogP contribution is 2.33. The summed E-state index contributed by atoms with van der Waals surface area (Å²) in [6, 6.07) is 8.33. The molecule has 0 bridgehead atoms. The number of hydrogen-bond donors (Lipinski definition) is 3. The lowest BCUT2D eigenvalue weighted by Crippen LogP contribution is -2.32. The number of phenolic OH excluding ortho intramolecular Hbond substituents is 1. The maximum absolute atomic E-state index is 10.7. The van der Waals surface area contributed by atoms with E-state index < -0.39 is 12.0 Å². The van der Waals surface area contributed by atoms with E-state index in [2.05, 4.69) is 0 Å². The van der Waals surface area contributed by atoms with Crippen molar-refractivity contribution in [1.82, 2.24) is 0 Å². The van der Waals surface area contributed by atoms with Gasteiger partial charge in [-0.3, -0.25) is 4.79 Å². The van der Waals surface area contributed by atoms with Crippen LogP contribution >= 0.6 is 23.2 Å². The summed E-state index contributed by atoms with van der Waals surface area (Å²) in [5, 5.41) is 18.6. The maximum Gasteiger partial charge on any atom is 0.320 e. The fraction of sp³-hybridized carbons (Fsp3) is 0.133. The Kier molecular flexibility index (Phi) is 5.13. The van der Waals surface area contributed by atoms with Gasteiger partial charge in [0.25, 0.3) is 0 Å². The van der Waals surface area contributed by atoms with Gasteiger partial charge in [0.15, 0.2) is 0 Å². The van der Waals surface area contributed by atoms with Crippen molar-refractivity contribution in [3.8, 4) is 17.2 Å². The van der Waals surface area contributed by atoms with E-state index in [4.69, 9.17) is 38.8 Å². The van der Waals surface area contributed by atoms with Gasteiger partial charge < -0.3 is 20.7 Å². The molecule has 2 aromatic rings. The van der Waals surface area contributed by atoms with Gasteiger partial charge in [0.1, 0.15) is 23.3 Å². The lowest BCUT2D eigenvalue weighted by molar-refractivity contribution is -0.138. The van der Waals surface area contributed by atoms with Crippen molar-refractivity contribution in [2.45, 2.75) is 12.5 Å². The van der Waals surface area contributed by atoms with Crippen LogP contribution < -0.4 is 10.5 Å². The van der Waals surface area contributed by atoms with Gasteiger partial charge in [0.05, 0.1) is 10.0 Å². The molecule has 0 heterocycles. The summed E-state index contributed by atoms with van der Waals surface area (Å²) >= 11 is 11.9. The molecule has 0 spiro atoms. The van der Waals surface area contributed by atoms with Crippen LogP contribution in [0.1, 0.15) is 5.56 Å². The normalized spacial score (nSPS) is 12.0. The molecule has 4 N–H and O–H groups in total. The monoisotopic (exact) mass is 341 g/mol. The Bertz CT molecular complexity index is 706. The van der Waals surface area contributed by atoms with Crippen LogP contribution in [0.3, 0.4) is 0 Å². The van der Waals surface area contributed by atoms with Crippen molar-refractivity contribution >= 4 is 29.2 Å². The van der Waals surface area contributed by atoms with E-state index in [1.165, 1.54) is 12.1 Å². The molecule has 0 aromatic heterocycles. The molecular formula is C15H13Cl2NO4. The van der Waals surface area contributed by atoms with Crippen LogP contribution in [-0.2, 0) is 11.2 Å². The highest BCUT2D eigenvalue weighted by Gasteiger charge is 2.13. The lowest BCUT2D eigenvalue weighted by Gasteiger charge is -2.11. The molecule has 2 aromatic carbocycles. The number of ether oxygens (including phenoxy) is 1. The highest BCUT2D eigenvalue weighted by molar-refractivity contribution is 6.32. The zero-order chi connectivity index (χ0) is 16.3. The van der Waals surface area contributed by atoms with Crippen molar-refractivity contribution in [3.05, 3.63) is 52.0 Å². The molecule has 0 aliphatic rings. The number of aromatic hydroxyl groups is 1. The van der Waals surface area contributed by atoms with Crippen molar-refractivity contribution in [1.29, 1.82) is 0 Å². The number of carboxylic acid groups (broad SMARTS) is 1. The number of carbonyl (C=O) groups is 1. The number of aliphatic carboxylic acids is 1. The first-order valence-corrected chi connectivity index (χ1v) is 7.05. The third-order valence-electron chi connectivity index (χ3n) is 2.92. The Morgan fingerprint density at radius 2 is 1.91 bits per heavy atom. The molecule has 0 unspecified atom stereocenters. The molecule has 2 rings (SSSR count). The summed E-state index contributed by atoms with van der Waals surface area (Å²) in [7, 11) is 0. The molecule has 116 valence electrons. The Hall–Kier alpha value is -1.95. The molecule has 22 heavy (non-hydrogen) atoms. The van der Waals surface area contributed by atoms with Crippen LogP contribution in [0, 0.1) is 0 Å². The topological polar surface area (TPSA) is 92.8 Å². The van der Waals surface area contributed by atoms with Gasteiger partial charge in [-0.15, -0.1) is 0 Å². The van der Waals surface area contributed by atoms with Crippen molar-refractivity contribution in [2.24, 2.45) is 5.73 Å². The van der Waals surface area contributed by atoms with E-state index >= 15 is 0 Å². The van der Waals surface area contributed by atoms with Gasteiger partial charge in [-0.25, -0.2) is 0 Å². The van der Waals surface area contributed by atoms with E-state index in [-0.39, 0.29) is 17.2 Å². The molecule has 0 saturated carbocycles. The fourth-order valence-electron chi connectivity index (χ4n) is 1.77. The van der Waals surface area contributed by atoms with Crippen LogP contribution in [0.5, 0.6) is 17.2 Å². The van der Waals surface area contributed by atoms with E-state index in [1.807, 2.05) is 0 Å². The number of carboxylic acids is 1. The summed E-state index contributed by atoms with van der Waals surface area (Å²) in [5.41, 5.74) is 6.17. The second kappa shape index (κ2) is 6.87. The molecule has 5 nitrogen and oxygen atoms in total. The second-order valence-electron chi connectivity index (χ2n) is 4.63. The molecular weight excluding hydrogens is 329 g/mol. The zero-order valence-electron chi connectivity index (χ0n) is 11.3. The van der Waals surface area contributed by atoms with Crippen molar-refractivity contribution in [3.63, 3.8) is 0 Å². The fourth-order valence-corrected chi connectivity index (χ4v) is 2.19. The Morgan fingerprint density at radius 3 is 2.50 bits per heavy atom. The minimum absolute atomic E-state index is 0.0434. The molecule has 0 aliphatic carbocycles. The van der Waals surface area contributed by atoms with Crippen molar-refractivity contribution in [2.75, 3.05) is 0 Å². The first kappa shape index (κ1) is 16.4. The predicted molar refractivity (Wildman–Crippen MR) is 84.0 cm³/mol. The number of nitrogens with two attached hydrogens (primary N) is 1. The average molecular weight is 342 g/mol. The molecule has 1 atom stereocenters. The van der Waals surface area contributed by atoms with Crippen LogP contribution in [-0.4, -0.2) is 22.2 Å². The molecule has 0 radical (unpaired) electrons. The quantitative estimate of drug-likeness (QED) is 0.774. The SMILES string of the molecule is N[C@@H](Cc1ccc(Oc2ccc(O)c(Cl)c2)c(Cl)c1)C(=O)O. The Morgan fingerprint density at radius 1 is 1.18 bits per heavy atom. The first-order chi connectivity index (χ1) is 10.4. The van der Waals surface area contributed by atoms with Gasteiger partial charge in [-0.1, -0.05) is 29.3 Å². The van der Waals surface area contributed by atoms with Gasteiger partial charge in [-0.2, -0.15) is 0 Å². The van der Waals surface area contributed by atoms with E-state index in [9.17, 15) is 9.90 Å². The Balaban J connectivity index is 2.15. The summed E-state index contributed by atoms with van der Waals surface area (Å²) < 4.78 is 5.58. The largest absolute Gasteiger partial charge is 0.506 e. The minimum atomic E-state index is -1.07. The highest BCUT2D eigenvalue weighted by atomic mass is 35.5. The molecule has 0 aliphatic heterocycles. The number of halogens is 2. The van der Waals surface area contributed by atoms with E-state index in [0.717, 1.165) is 0 Å². The lowest BCUT2D eigenvalue weighted by atomic mass is 10.1. The molecule has 0 fully saturated rings. The summed E-state index contributed by atoms with van der Waals surface area (Å²) in [4.78, 5) is 10.7. The third-order valence-corrected chi connectivity index (χ3v) is 3.51. The molecule has 7 heteroatoms. The minimum Gasteiger partial charge on any atom is -0.506 e. The van der Waals surface area contributed by atoms with Gasteiger partial charge in [-0.05, 0) is 36.2 Å². The van der Waals surface area contributed by atoms with Crippen molar-refractivity contribution < 1.29 is 19.7 Å². The van der Waals surface area contributed by atoms with Crippen LogP contribution in [0.15, 0.2) is 36.4 Å². The summed E-state index contributed by atoms with van der Waals surface area (Å²) in [6.45, 7) is 0. The van der Waals surface area contributed by atoms with Gasteiger partial charge >= 0.3 is 5.97 Å². The standard InChI is InChI=1S/C15H13Cl2NO4/c16-10-7-9(2-3-13(10)19)22-14-4-1-8(5-11(14)17)6-12(18)15(20)21/h1-5,7,12,19H,6,18H2,(H,20,21)/t12-/m0/s1. The van der Waals surface area contributed by atoms with Crippen LogP contribution in [0.25, 0.3) is 0 Å². The summed E-state index contributed by atoms with van der Waals surface area (Å²) in [6.07, 6.45) is 0.167. The third kappa shape index (κ3) is 4.04. The first-order valence-electron chi connectivity index (χ1n) is 6.30. The maximum atomic E-state index is 10.7. The summed E-state index contributed by atoms with van der Waals surface area (Å²) in [5.74, 6) is -0.316. The van der Waals surface area contributed by atoms with Gasteiger partial charge in [0, 0.05) is 6.07 Å². The number of hydrogen-bond acceptors (Lipinski definition) is 4. The Labute approximate surface area is 136 Å². The zero-order valence-corrected chi connectivity index (χ0v) is 12.8. The van der Waals surface area contributed by atoms with Crippen LogP contribution in [0.4, 0.5) is 0 Å². The van der Waals surface area contributed by atoms with Crippen LogP contribution in [0.2, 0.25) is 10.0 Å². The van der Waals surface area contributed by atoms with E-state index in [1.54, 1.807) is 24.3 Å². The number of phenols is 1. The molecule has 0 saturated heterocycles. The molecule has 0 amide bonds. The predicted octanol–water partition coefficient (Wildman–Crippen LogP) is 3.45. The van der Waals surface area contributed by atoms with E-state index in [0.29, 0.717) is 22.1 Å². The number of benzene rings is 2. The van der Waals surface area contributed by atoms with Gasteiger partial charge in [0.2, 0.25) is 0 Å². The second-order valence-corrected chi connectivity index (χ2v) is 5.44.